The Hall–Kier alpha value is -2.83. The van der Waals surface area contributed by atoms with Gasteiger partial charge in [0.05, 0.1) is 17.7 Å². The Bertz CT molecular complexity index is 607. The quantitative estimate of drug-likeness (QED) is 0.494. The minimum absolute atomic E-state index is 0.0457. The number of nitrogens with zero attached hydrogens (tertiary/aromatic N) is 1. The van der Waals surface area contributed by atoms with E-state index in [1.807, 2.05) is 0 Å². The van der Waals surface area contributed by atoms with E-state index in [0.29, 0.717) is 5.76 Å². The van der Waals surface area contributed by atoms with Crippen LogP contribution in [0.4, 0.5) is 11.4 Å². The van der Waals surface area contributed by atoms with Crippen LogP contribution in [0.1, 0.15) is 16.1 Å². The van der Waals surface area contributed by atoms with Crippen molar-refractivity contribution in [2.24, 2.45) is 0 Å². The molecule has 1 aromatic carbocycles. The number of nitro groups is 1. The zero-order chi connectivity index (χ0) is 13.8. The Kier molecular flexibility index (Phi) is 3.46. The normalized spacial score (nSPS) is 10.1. The van der Waals surface area contributed by atoms with Crippen LogP contribution >= 0.6 is 0 Å². The van der Waals surface area contributed by atoms with Gasteiger partial charge in [0.15, 0.2) is 0 Å². The molecule has 1 heterocycles. The highest BCUT2D eigenvalue weighted by molar-refractivity contribution is 5.95. The Morgan fingerprint density at radius 1 is 1.42 bits per heavy atom. The Balaban J connectivity index is 2.07. The molecule has 1 amide bonds. The SMILES string of the molecule is Nc1cc(C(=O)NCc2ccco2)ccc1[N+](=O)[O-]. The molecule has 7 heteroatoms. The molecule has 98 valence electrons. The topological polar surface area (TPSA) is 111 Å². The molecule has 0 atom stereocenters. The van der Waals surface area contributed by atoms with Crippen molar-refractivity contribution in [3.63, 3.8) is 0 Å². The van der Waals surface area contributed by atoms with Gasteiger partial charge in [0.2, 0.25) is 0 Å². The van der Waals surface area contributed by atoms with Crippen LogP contribution in [0, 0.1) is 10.1 Å². The molecular formula is C12H11N3O4. The average molecular weight is 261 g/mol. The summed E-state index contributed by atoms with van der Waals surface area (Å²) in [6.45, 7) is 0.239. The number of nitrogens with two attached hydrogens (primary N) is 1. The van der Waals surface area contributed by atoms with Crippen molar-refractivity contribution in [1.82, 2.24) is 5.32 Å². The van der Waals surface area contributed by atoms with Crippen LogP contribution in [0.3, 0.4) is 0 Å². The fourth-order valence-corrected chi connectivity index (χ4v) is 1.54. The summed E-state index contributed by atoms with van der Waals surface area (Å²) in [4.78, 5) is 21.8. The number of anilines is 1. The fraction of sp³-hybridized carbons (Fsp3) is 0.0833. The molecule has 0 aliphatic carbocycles. The highest BCUT2D eigenvalue weighted by Crippen LogP contribution is 2.21. The number of benzene rings is 1. The van der Waals surface area contributed by atoms with Crippen molar-refractivity contribution >= 4 is 17.3 Å². The monoisotopic (exact) mass is 261 g/mol. The minimum Gasteiger partial charge on any atom is -0.467 e. The summed E-state index contributed by atoms with van der Waals surface area (Å²) in [5.74, 6) is 0.237. The summed E-state index contributed by atoms with van der Waals surface area (Å²) in [5, 5.41) is 13.2. The highest BCUT2D eigenvalue weighted by atomic mass is 16.6. The third-order valence-corrected chi connectivity index (χ3v) is 2.49. The maximum Gasteiger partial charge on any atom is 0.292 e. The second kappa shape index (κ2) is 5.21. The molecule has 2 rings (SSSR count). The number of furan rings is 1. The summed E-state index contributed by atoms with van der Waals surface area (Å²) in [7, 11) is 0. The predicted molar refractivity (Wildman–Crippen MR) is 67.4 cm³/mol. The van der Waals surface area contributed by atoms with E-state index in [2.05, 4.69) is 5.32 Å². The van der Waals surface area contributed by atoms with Gasteiger partial charge in [0.25, 0.3) is 11.6 Å². The predicted octanol–water partition coefficient (Wildman–Crippen LogP) is 1.70. The van der Waals surface area contributed by atoms with E-state index >= 15 is 0 Å². The largest absolute Gasteiger partial charge is 0.467 e. The number of hydrogen-bond acceptors (Lipinski definition) is 5. The van der Waals surface area contributed by atoms with Crippen molar-refractivity contribution in [2.75, 3.05) is 5.73 Å². The van der Waals surface area contributed by atoms with Gasteiger partial charge < -0.3 is 15.5 Å². The van der Waals surface area contributed by atoms with E-state index in [4.69, 9.17) is 10.2 Å². The van der Waals surface area contributed by atoms with Gasteiger partial charge in [0, 0.05) is 11.6 Å². The molecule has 0 aliphatic rings. The van der Waals surface area contributed by atoms with Crippen LogP contribution in [0.2, 0.25) is 0 Å². The van der Waals surface area contributed by atoms with Crippen molar-refractivity contribution in [1.29, 1.82) is 0 Å². The number of rotatable bonds is 4. The van der Waals surface area contributed by atoms with Crippen LogP contribution in [-0.4, -0.2) is 10.8 Å². The molecule has 2 aromatic rings. The first-order valence-corrected chi connectivity index (χ1v) is 5.42. The van der Waals surface area contributed by atoms with E-state index in [1.54, 1.807) is 12.1 Å². The number of carbonyl (C=O) groups excluding carboxylic acids is 1. The van der Waals surface area contributed by atoms with E-state index < -0.39 is 4.92 Å². The molecule has 0 fully saturated rings. The van der Waals surface area contributed by atoms with E-state index in [0.717, 1.165) is 0 Å². The second-order valence-corrected chi connectivity index (χ2v) is 3.79. The summed E-state index contributed by atoms with van der Waals surface area (Å²) in [6, 6.07) is 7.27. The average Bonchev–Trinajstić information content (AvgIpc) is 2.88. The summed E-state index contributed by atoms with van der Waals surface area (Å²) in [6.07, 6.45) is 1.51. The number of amides is 1. The summed E-state index contributed by atoms with van der Waals surface area (Å²) in [5.41, 5.74) is 5.50. The molecular weight excluding hydrogens is 250 g/mol. The van der Waals surface area contributed by atoms with Crippen molar-refractivity contribution in [3.8, 4) is 0 Å². The van der Waals surface area contributed by atoms with E-state index in [-0.39, 0.29) is 29.4 Å². The molecule has 7 nitrogen and oxygen atoms in total. The lowest BCUT2D eigenvalue weighted by Crippen LogP contribution is -2.22. The number of carbonyl (C=O) groups is 1. The maximum absolute atomic E-state index is 11.8. The van der Waals surface area contributed by atoms with Crippen LogP contribution in [-0.2, 0) is 6.54 Å². The van der Waals surface area contributed by atoms with Crippen LogP contribution in [0.5, 0.6) is 0 Å². The van der Waals surface area contributed by atoms with Gasteiger partial charge in [-0.25, -0.2) is 0 Å². The third kappa shape index (κ3) is 2.89. The minimum atomic E-state index is -0.597. The Morgan fingerprint density at radius 2 is 2.21 bits per heavy atom. The lowest BCUT2D eigenvalue weighted by atomic mass is 10.1. The van der Waals surface area contributed by atoms with Gasteiger partial charge in [-0.05, 0) is 24.3 Å². The third-order valence-electron chi connectivity index (χ3n) is 2.49. The first-order valence-electron chi connectivity index (χ1n) is 5.42. The first kappa shape index (κ1) is 12.6. The molecule has 0 spiro atoms. The van der Waals surface area contributed by atoms with Gasteiger partial charge in [-0.2, -0.15) is 0 Å². The van der Waals surface area contributed by atoms with Crippen LogP contribution in [0.15, 0.2) is 41.0 Å². The number of nitrogen functional groups attached to an aromatic ring is 1. The number of hydrogen-bond donors (Lipinski definition) is 2. The molecule has 0 saturated heterocycles. The molecule has 19 heavy (non-hydrogen) atoms. The fourth-order valence-electron chi connectivity index (χ4n) is 1.54. The molecule has 0 unspecified atom stereocenters. The molecule has 0 aliphatic heterocycles. The second-order valence-electron chi connectivity index (χ2n) is 3.79. The number of nitrogens with one attached hydrogen (secondary N) is 1. The molecule has 3 N–H and O–H groups in total. The smallest absolute Gasteiger partial charge is 0.292 e. The lowest BCUT2D eigenvalue weighted by Gasteiger charge is -2.04. The first-order chi connectivity index (χ1) is 9.08. The standard InChI is InChI=1S/C12H11N3O4/c13-10-6-8(3-4-11(10)15(17)18)12(16)14-7-9-2-1-5-19-9/h1-6H,7,13H2,(H,14,16). The van der Waals surface area contributed by atoms with Crippen molar-refractivity contribution in [2.45, 2.75) is 6.54 Å². The van der Waals surface area contributed by atoms with Gasteiger partial charge in [-0.3, -0.25) is 14.9 Å². The summed E-state index contributed by atoms with van der Waals surface area (Å²) >= 11 is 0. The molecule has 1 aromatic heterocycles. The van der Waals surface area contributed by atoms with Crippen molar-refractivity contribution < 1.29 is 14.1 Å². The zero-order valence-corrected chi connectivity index (χ0v) is 9.83. The van der Waals surface area contributed by atoms with Gasteiger partial charge in [-0.1, -0.05) is 0 Å². The van der Waals surface area contributed by atoms with Crippen molar-refractivity contribution in [3.05, 3.63) is 58.0 Å². The van der Waals surface area contributed by atoms with Gasteiger partial charge in [-0.15, -0.1) is 0 Å². The number of nitro benzene ring substituents is 1. The highest BCUT2D eigenvalue weighted by Gasteiger charge is 2.14. The van der Waals surface area contributed by atoms with Crippen LogP contribution in [0.25, 0.3) is 0 Å². The molecule has 0 radical (unpaired) electrons. The van der Waals surface area contributed by atoms with Crippen LogP contribution < -0.4 is 11.1 Å². The Morgan fingerprint density at radius 3 is 2.79 bits per heavy atom. The molecule has 0 bridgehead atoms. The van der Waals surface area contributed by atoms with E-state index in [1.165, 1.54) is 24.5 Å². The van der Waals surface area contributed by atoms with E-state index in [9.17, 15) is 14.9 Å². The van der Waals surface area contributed by atoms with Gasteiger partial charge in [0.1, 0.15) is 11.4 Å². The Labute approximate surface area is 108 Å². The maximum atomic E-state index is 11.8. The zero-order valence-electron chi connectivity index (χ0n) is 9.83. The lowest BCUT2D eigenvalue weighted by molar-refractivity contribution is -0.383. The molecule has 0 saturated carbocycles. The summed E-state index contributed by atoms with van der Waals surface area (Å²) < 4.78 is 5.07. The van der Waals surface area contributed by atoms with Gasteiger partial charge >= 0.3 is 0 Å².